The summed E-state index contributed by atoms with van der Waals surface area (Å²) in [6, 6.07) is 0. The molecule has 11 heavy (non-hydrogen) atoms. The summed E-state index contributed by atoms with van der Waals surface area (Å²) in [5, 5.41) is 1.16. The Labute approximate surface area is 70.3 Å². The molecule has 0 radical (unpaired) electrons. The minimum absolute atomic E-state index is 0.736. The summed E-state index contributed by atoms with van der Waals surface area (Å²) < 4.78 is 0. The Morgan fingerprint density at radius 1 is 1.73 bits per heavy atom. The number of aliphatic imine (C=N–C) groups is 1. The van der Waals surface area contributed by atoms with Crippen molar-refractivity contribution in [2.75, 3.05) is 19.6 Å². The fourth-order valence-electron chi connectivity index (χ4n) is 1.23. The molecule has 0 fully saturated rings. The third-order valence-electron chi connectivity index (χ3n) is 1.75. The highest BCUT2D eigenvalue weighted by molar-refractivity contribution is 8.17. The zero-order valence-electron chi connectivity index (χ0n) is 6.29. The molecule has 2 rings (SSSR count). The van der Waals surface area contributed by atoms with Crippen LogP contribution in [-0.4, -0.2) is 29.7 Å². The van der Waals surface area contributed by atoms with Crippen molar-refractivity contribution in [2.24, 2.45) is 10.7 Å². The fraction of sp³-hybridized carbons (Fsp3) is 0.571. The van der Waals surface area contributed by atoms with Gasteiger partial charge in [-0.3, -0.25) is 4.99 Å². The lowest BCUT2D eigenvalue weighted by Crippen LogP contribution is -2.14. The third-order valence-corrected chi connectivity index (χ3v) is 2.86. The average Bonchev–Trinajstić information content (AvgIpc) is 2.46. The van der Waals surface area contributed by atoms with E-state index in [1.54, 1.807) is 11.8 Å². The molecular formula is C7H11N3S. The summed E-state index contributed by atoms with van der Waals surface area (Å²) in [5.74, 6) is 0. The van der Waals surface area contributed by atoms with Crippen LogP contribution in [0.2, 0.25) is 0 Å². The van der Waals surface area contributed by atoms with Gasteiger partial charge in [0, 0.05) is 17.6 Å². The van der Waals surface area contributed by atoms with Crippen molar-refractivity contribution in [3.05, 3.63) is 11.1 Å². The van der Waals surface area contributed by atoms with Gasteiger partial charge in [0.2, 0.25) is 0 Å². The van der Waals surface area contributed by atoms with Crippen LogP contribution in [0.3, 0.4) is 0 Å². The summed E-state index contributed by atoms with van der Waals surface area (Å²) in [7, 11) is 0. The molecule has 2 N–H and O–H groups in total. The van der Waals surface area contributed by atoms with Crippen LogP contribution in [0.5, 0.6) is 0 Å². The zero-order valence-corrected chi connectivity index (χ0v) is 7.10. The SMILES string of the molecule is NCCC1=CN2CCN=C2S1. The van der Waals surface area contributed by atoms with Crippen LogP contribution in [0.15, 0.2) is 16.1 Å². The molecule has 0 atom stereocenters. The Kier molecular flexibility index (Phi) is 1.87. The topological polar surface area (TPSA) is 41.6 Å². The van der Waals surface area contributed by atoms with Gasteiger partial charge in [0.25, 0.3) is 0 Å². The molecule has 0 aliphatic carbocycles. The Morgan fingerprint density at radius 2 is 2.64 bits per heavy atom. The summed E-state index contributed by atoms with van der Waals surface area (Å²) in [6.45, 7) is 2.74. The average molecular weight is 169 g/mol. The lowest BCUT2D eigenvalue weighted by Gasteiger charge is -2.04. The minimum Gasteiger partial charge on any atom is -0.330 e. The van der Waals surface area contributed by atoms with Gasteiger partial charge in [-0.15, -0.1) is 0 Å². The van der Waals surface area contributed by atoms with Crippen molar-refractivity contribution in [3.63, 3.8) is 0 Å². The molecule has 0 bridgehead atoms. The summed E-state index contributed by atoms with van der Waals surface area (Å²) >= 11 is 1.76. The molecule has 0 saturated carbocycles. The summed E-state index contributed by atoms with van der Waals surface area (Å²) in [4.78, 5) is 7.90. The third kappa shape index (κ3) is 1.28. The van der Waals surface area contributed by atoms with E-state index in [9.17, 15) is 0 Å². The van der Waals surface area contributed by atoms with E-state index in [-0.39, 0.29) is 0 Å². The molecule has 0 spiro atoms. The molecule has 3 nitrogen and oxygen atoms in total. The Bertz CT molecular complexity index is 222. The number of hydrogen-bond donors (Lipinski definition) is 1. The summed E-state index contributed by atoms with van der Waals surface area (Å²) in [6.07, 6.45) is 3.16. The van der Waals surface area contributed by atoms with Crippen LogP contribution in [-0.2, 0) is 0 Å². The van der Waals surface area contributed by atoms with Crippen molar-refractivity contribution in [3.8, 4) is 0 Å². The predicted molar refractivity (Wildman–Crippen MR) is 48.4 cm³/mol. The van der Waals surface area contributed by atoms with Gasteiger partial charge < -0.3 is 10.6 Å². The Morgan fingerprint density at radius 3 is 3.36 bits per heavy atom. The number of fused-ring (bicyclic) bond motifs is 1. The molecular weight excluding hydrogens is 158 g/mol. The molecule has 0 amide bonds. The van der Waals surface area contributed by atoms with Crippen LogP contribution < -0.4 is 5.73 Å². The van der Waals surface area contributed by atoms with E-state index in [2.05, 4.69) is 16.1 Å². The van der Waals surface area contributed by atoms with Gasteiger partial charge in [-0.1, -0.05) is 11.8 Å². The van der Waals surface area contributed by atoms with E-state index in [0.29, 0.717) is 0 Å². The van der Waals surface area contributed by atoms with Gasteiger partial charge in [-0.2, -0.15) is 0 Å². The zero-order chi connectivity index (χ0) is 7.68. The highest BCUT2D eigenvalue weighted by atomic mass is 32.2. The highest BCUT2D eigenvalue weighted by Gasteiger charge is 2.23. The van der Waals surface area contributed by atoms with E-state index >= 15 is 0 Å². The van der Waals surface area contributed by atoms with E-state index in [1.165, 1.54) is 4.91 Å². The maximum absolute atomic E-state index is 5.45. The van der Waals surface area contributed by atoms with Gasteiger partial charge in [-0.05, 0) is 13.0 Å². The van der Waals surface area contributed by atoms with Gasteiger partial charge >= 0.3 is 0 Å². The Hall–Kier alpha value is -0.480. The molecule has 0 unspecified atom stereocenters. The minimum atomic E-state index is 0.736. The van der Waals surface area contributed by atoms with Crippen molar-refractivity contribution < 1.29 is 0 Å². The monoisotopic (exact) mass is 169 g/mol. The number of nitrogens with zero attached hydrogens (tertiary/aromatic N) is 2. The molecule has 0 aromatic carbocycles. The Balaban J connectivity index is 2.03. The fourth-order valence-corrected chi connectivity index (χ4v) is 2.28. The molecule has 0 aromatic heterocycles. The molecule has 2 aliphatic rings. The molecule has 2 aliphatic heterocycles. The van der Waals surface area contributed by atoms with E-state index in [0.717, 1.165) is 31.2 Å². The van der Waals surface area contributed by atoms with Gasteiger partial charge in [0.1, 0.15) is 0 Å². The molecule has 2 heterocycles. The van der Waals surface area contributed by atoms with E-state index < -0.39 is 0 Å². The normalized spacial score (nSPS) is 21.7. The number of amidine groups is 1. The van der Waals surface area contributed by atoms with Gasteiger partial charge in [0.05, 0.1) is 6.54 Å². The molecule has 4 heteroatoms. The lowest BCUT2D eigenvalue weighted by molar-refractivity contribution is 0.620. The quantitative estimate of drug-likeness (QED) is 0.658. The number of nitrogens with two attached hydrogens (primary N) is 1. The van der Waals surface area contributed by atoms with Crippen LogP contribution in [0.1, 0.15) is 6.42 Å². The van der Waals surface area contributed by atoms with Crippen LogP contribution in [0.25, 0.3) is 0 Å². The van der Waals surface area contributed by atoms with Gasteiger partial charge in [0.15, 0.2) is 5.17 Å². The van der Waals surface area contributed by atoms with Crippen molar-refractivity contribution in [2.45, 2.75) is 6.42 Å². The predicted octanol–water partition coefficient (Wildman–Crippen LogP) is 0.595. The standard InChI is InChI=1S/C7H11N3S/c8-2-1-6-5-10-4-3-9-7(10)11-6/h5H,1-4,8H2. The molecule has 0 aromatic rings. The second-order valence-corrected chi connectivity index (χ2v) is 3.69. The molecule has 60 valence electrons. The first kappa shape index (κ1) is 7.18. The van der Waals surface area contributed by atoms with Crippen molar-refractivity contribution in [1.29, 1.82) is 0 Å². The maximum atomic E-state index is 5.45. The van der Waals surface area contributed by atoms with Crippen molar-refractivity contribution in [1.82, 2.24) is 4.90 Å². The van der Waals surface area contributed by atoms with E-state index in [1.807, 2.05) is 0 Å². The second kappa shape index (κ2) is 2.87. The number of rotatable bonds is 2. The highest BCUT2D eigenvalue weighted by Crippen LogP contribution is 2.32. The first-order valence-electron chi connectivity index (χ1n) is 3.80. The largest absolute Gasteiger partial charge is 0.330 e. The first-order chi connectivity index (χ1) is 5.40. The maximum Gasteiger partial charge on any atom is 0.168 e. The van der Waals surface area contributed by atoms with Crippen LogP contribution in [0.4, 0.5) is 0 Å². The first-order valence-corrected chi connectivity index (χ1v) is 4.61. The number of hydrogen-bond acceptors (Lipinski definition) is 4. The smallest absolute Gasteiger partial charge is 0.168 e. The van der Waals surface area contributed by atoms with E-state index in [4.69, 9.17) is 5.73 Å². The summed E-state index contributed by atoms with van der Waals surface area (Å²) in [5.41, 5.74) is 5.45. The van der Waals surface area contributed by atoms with Crippen LogP contribution in [0, 0.1) is 0 Å². The van der Waals surface area contributed by atoms with Crippen LogP contribution >= 0.6 is 11.8 Å². The number of thioether (sulfide) groups is 1. The second-order valence-electron chi connectivity index (χ2n) is 2.59. The molecule has 0 saturated heterocycles. The lowest BCUT2D eigenvalue weighted by atomic mass is 10.4. The van der Waals surface area contributed by atoms with Crippen molar-refractivity contribution >= 4 is 16.9 Å². The van der Waals surface area contributed by atoms with Gasteiger partial charge in [-0.25, -0.2) is 0 Å².